The number of nitrogens with one attached hydrogen (secondary N) is 1. The van der Waals surface area contributed by atoms with E-state index in [2.05, 4.69) is 15.0 Å². The first-order valence-electron chi connectivity index (χ1n) is 8.58. The molecule has 1 saturated heterocycles. The van der Waals surface area contributed by atoms with E-state index in [0.29, 0.717) is 12.2 Å². The molecule has 1 N–H and O–H groups in total. The molecule has 0 aliphatic carbocycles. The zero-order valence-corrected chi connectivity index (χ0v) is 14.9. The number of hydrogen-bond donors (Lipinski definition) is 1. The number of piperidine rings is 1. The molecule has 4 rings (SSSR count). The predicted octanol–water partition coefficient (Wildman–Crippen LogP) is 3.26. The number of likely N-dealkylation sites (tertiary alicyclic amines) is 1. The van der Waals surface area contributed by atoms with Crippen molar-refractivity contribution in [1.29, 1.82) is 0 Å². The summed E-state index contributed by atoms with van der Waals surface area (Å²) in [5.74, 6) is -0.229. The summed E-state index contributed by atoms with van der Waals surface area (Å²) in [7, 11) is 0. The zero-order chi connectivity index (χ0) is 17.9. The summed E-state index contributed by atoms with van der Waals surface area (Å²) in [6, 6.07) is 6.97. The molecule has 1 amide bonds. The van der Waals surface area contributed by atoms with E-state index in [1.807, 2.05) is 17.5 Å². The molecule has 0 spiro atoms. The molecule has 3 aromatic rings. The molecule has 1 fully saturated rings. The van der Waals surface area contributed by atoms with Crippen LogP contribution >= 0.6 is 11.3 Å². The number of pyridine rings is 2. The highest BCUT2D eigenvalue weighted by Gasteiger charge is 2.31. The first-order chi connectivity index (χ1) is 12.7. The number of nitrogens with zero attached hydrogens (tertiary/aromatic N) is 3. The lowest BCUT2D eigenvalue weighted by Crippen LogP contribution is -2.40. The Bertz CT molecular complexity index is 953. The lowest BCUT2D eigenvalue weighted by Gasteiger charge is -2.34. The molecule has 6 nitrogen and oxygen atoms in total. The van der Waals surface area contributed by atoms with Gasteiger partial charge in [-0.1, -0.05) is 0 Å². The van der Waals surface area contributed by atoms with Gasteiger partial charge in [-0.25, -0.2) is 4.98 Å². The van der Waals surface area contributed by atoms with Crippen LogP contribution < -0.4 is 5.56 Å². The maximum Gasteiger partial charge on any atom is 0.261 e. The largest absolute Gasteiger partial charge is 0.329 e. The molecule has 132 valence electrons. The molecule has 7 heteroatoms. The van der Waals surface area contributed by atoms with Crippen LogP contribution in [0.15, 0.2) is 53.0 Å². The molecule has 1 aliphatic heterocycles. The molecular formula is C19H18N4O2S. The normalized spacial score (nSPS) is 17.2. The van der Waals surface area contributed by atoms with E-state index < -0.39 is 0 Å². The number of thiazole rings is 1. The Morgan fingerprint density at radius 1 is 1.15 bits per heavy atom. The second kappa shape index (κ2) is 7.21. The number of amides is 1. The summed E-state index contributed by atoms with van der Waals surface area (Å²) in [6.45, 7) is 0.647. The van der Waals surface area contributed by atoms with Crippen LogP contribution in [0.2, 0.25) is 0 Å². The van der Waals surface area contributed by atoms with E-state index >= 15 is 0 Å². The third-order valence-electron chi connectivity index (χ3n) is 4.63. The van der Waals surface area contributed by atoms with Crippen molar-refractivity contribution < 1.29 is 4.79 Å². The van der Waals surface area contributed by atoms with Crippen LogP contribution in [0.3, 0.4) is 0 Å². The van der Waals surface area contributed by atoms with Crippen molar-refractivity contribution >= 4 is 17.2 Å². The highest BCUT2D eigenvalue weighted by Crippen LogP contribution is 2.32. The molecule has 26 heavy (non-hydrogen) atoms. The monoisotopic (exact) mass is 366 g/mol. The van der Waals surface area contributed by atoms with Gasteiger partial charge in [0.1, 0.15) is 10.6 Å². The van der Waals surface area contributed by atoms with Gasteiger partial charge in [0, 0.05) is 41.8 Å². The van der Waals surface area contributed by atoms with Gasteiger partial charge in [-0.2, -0.15) is 0 Å². The number of aromatic amines is 1. The van der Waals surface area contributed by atoms with Gasteiger partial charge in [0.2, 0.25) is 0 Å². The number of carbonyl (C=O) groups excluding carboxylic acids is 1. The van der Waals surface area contributed by atoms with Crippen LogP contribution in [0.1, 0.15) is 40.7 Å². The van der Waals surface area contributed by atoms with Gasteiger partial charge in [0.15, 0.2) is 0 Å². The molecule has 0 aromatic carbocycles. The van der Waals surface area contributed by atoms with Crippen molar-refractivity contribution in [3.63, 3.8) is 0 Å². The lowest BCUT2D eigenvalue weighted by molar-refractivity contribution is 0.0609. The topological polar surface area (TPSA) is 79.0 Å². The zero-order valence-electron chi connectivity index (χ0n) is 14.1. The fraction of sp³-hybridized carbons (Fsp3) is 0.263. The molecule has 0 saturated carbocycles. The summed E-state index contributed by atoms with van der Waals surface area (Å²) in [6.07, 6.45) is 7.98. The van der Waals surface area contributed by atoms with Crippen molar-refractivity contribution in [2.24, 2.45) is 0 Å². The van der Waals surface area contributed by atoms with E-state index in [4.69, 9.17) is 0 Å². The summed E-state index contributed by atoms with van der Waals surface area (Å²) in [4.78, 5) is 38.6. The predicted molar refractivity (Wildman–Crippen MR) is 100 cm³/mol. The van der Waals surface area contributed by atoms with Crippen LogP contribution in [0.25, 0.3) is 11.3 Å². The number of carbonyl (C=O) groups is 1. The van der Waals surface area contributed by atoms with E-state index in [0.717, 1.165) is 29.8 Å². The molecule has 0 unspecified atom stereocenters. The highest BCUT2D eigenvalue weighted by molar-refractivity contribution is 7.09. The first kappa shape index (κ1) is 16.7. The molecule has 1 atom stereocenters. The summed E-state index contributed by atoms with van der Waals surface area (Å²) in [5, 5.41) is 2.85. The van der Waals surface area contributed by atoms with Crippen LogP contribution in [0.5, 0.6) is 0 Å². The number of aromatic nitrogens is 3. The SMILES string of the molecule is O=C(c1ccc(-c2ccncc2)[nH]c1=O)N1CCCC[C@@H]1c1nccs1. The number of hydrogen-bond acceptors (Lipinski definition) is 5. The quantitative estimate of drug-likeness (QED) is 0.772. The van der Waals surface area contributed by atoms with E-state index in [1.165, 1.54) is 0 Å². The van der Waals surface area contributed by atoms with Crippen molar-refractivity contribution in [1.82, 2.24) is 19.9 Å². The van der Waals surface area contributed by atoms with Crippen molar-refractivity contribution in [3.8, 4) is 11.3 Å². The van der Waals surface area contributed by atoms with Crippen molar-refractivity contribution in [2.45, 2.75) is 25.3 Å². The molecule has 0 bridgehead atoms. The van der Waals surface area contributed by atoms with Gasteiger partial charge in [-0.05, 0) is 43.5 Å². The number of H-pyrrole nitrogens is 1. The average Bonchev–Trinajstić information content (AvgIpc) is 3.23. The van der Waals surface area contributed by atoms with Crippen molar-refractivity contribution in [2.75, 3.05) is 6.54 Å². The van der Waals surface area contributed by atoms with Crippen molar-refractivity contribution in [3.05, 3.63) is 69.2 Å². The van der Waals surface area contributed by atoms with Gasteiger partial charge < -0.3 is 9.88 Å². The average molecular weight is 366 g/mol. The standard InChI is InChI=1S/C19H18N4O2S/c24-17-14(4-5-15(22-17)13-6-8-20-9-7-13)19(25)23-11-2-1-3-16(23)18-21-10-12-26-18/h4-10,12,16H,1-3,11H2,(H,22,24)/t16-/m1/s1. The molecule has 4 heterocycles. The second-order valence-corrected chi connectivity index (χ2v) is 7.16. The fourth-order valence-corrected chi connectivity index (χ4v) is 4.11. The second-order valence-electron chi connectivity index (χ2n) is 6.23. The minimum absolute atomic E-state index is 0.0458. The molecule has 1 aliphatic rings. The van der Waals surface area contributed by atoms with Crippen LogP contribution in [-0.4, -0.2) is 32.3 Å². The smallest absolute Gasteiger partial charge is 0.261 e. The summed E-state index contributed by atoms with van der Waals surface area (Å²) in [5.41, 5.74) is 1.33. The number of rotatable bonds is 3. The third-order valence-corrected chi connectivity index (χ3v) is 5.51. The first-order valence-corrected chi connectivity index (χ1v) is 9.46. The Labute approximate surface area is 154 Å². The van der Waals surface area contributed by atoms with E-state index in [1.54, 1.807) is 47.0 Å². The van der Waals surface area contributed by atoms with Gasteiger partial charge in [-0.3, -0.25) is 14.6 Å². The van der Waals surface area contributed by atoms with Gasteiger partial charge in [-0.15, -0.1) is 11.3 Å². The lowest BCUT2D eigenvalue weighted by atomic mass is 10.0. The minimum atomic E-state index is -0.368. The van der Waals surface area contributed by atoms with Crippen LogP contribution in [-0.2, 0) is 0 Å². The summed E-state index contributed by atoms with van der Waals surface area (Å²) >= 11 is 1.55. The van der Waals surface area contributed by atoms with Gasteiger partial charge in [0.25, 0.3) is 11.5 Å². The van der Waals surface area contributed by atoms with E-state index in [-0.39, 0.29) is 23.1 Å². The maximum absolute atomic E-state index is 13.0. The molecular weight excluding hydrogens is 348 g/mol. The molecule has 3 aromatic heterocycles. The highest BCUT2D eigenvalue weighted by atomic mass is 32.1. The van der Waals surface area contributed by atoms with Crippen LogP contribution in [0.4, 0.5) is 0 Å². The Kier molecular flexibility index (Phi) is 4.62. The third kappa shape index (κ3) is 3.17. The minimum Gasteiger partial charge on any atom is -0.329 e. The Morgan fingerprint density at radius 2 is 2.00 bits per heavy atom. The van der Waals surface area contributed by atoms with Gasteiger partial charge >= 0.3 is 0 Å². The van der Waals surface area contributed by atoms with Crippen LogP contribution in [0, 0.1) is 0 Å². The Hall–Kier alpha value is -2.80. The fourth-order valence-electron chi connectivity index (χ4n) is 3.33. The van der Waals surface area contributed by atoms with E-state index in [9.17, 15) is 9.59 Å². The maximum atomic E-state index is 13.0. The molecule has 0 radical (unpaired) electrons. The Balaban J connectivity index is 1.64. The Morgan fingerprint density at radius 3 is 2.73 bits per heavy atom. The van der Waals surface area contributed by atoms with Gasteiger partial charge in [0.05, 0.1) is 6.04 Å². The summed E-state index contributed by atoms with van der Waals surface area (Å²) < 4.78 is 0.